The van der Waals surface area contributed by atoms with Gasteiger partial charge in [0.15, 0.2) is 0 Å². The summed E-state index contributed by atoms with van der Waals surface area (Å²) in [4.78, 5) is 0. The summed E-state index contributed by atoms with van der Waals surface area (Å²) in [5, 5.41) is 4.90. The molecule has 0 fully saturated rings. The molecule has 1 atom stereocenters. The molecular weight excluding hydrogens is 277 g/mol. The minimum Gasteiger partial charge on any atom is -0.316 e. The summed E-state index contributed by atoms with van der Waals surface area (Å²) in [5.41, 5.74) is 1.39. The van der Waals surface area contributed by atoms with E-state index in [0.717, 1.165) is 25.1 Å². The van der Waals surface area contributed by atoms with Crippen molar-refractivity contribution < 1.29 is 0 Å². The van der Waals surface area contributed by atoms with Gasteiger partial charge >= 0.3 is 0 Å². The van der Waals surface area contributed by atoms with Gasteiger partial charge in [0.25, 0.3) is 0 Å². The number of benzene rings is 1. The van der Waals surface area contributed by atoms with Crippen LogP contribution in [0.4, 0.5) is 0 Å². The van der Waals surface area contributed by atoms with Gasteiger partial charge in [-0.15, -0.1) is 0 Å². The van der Waals surface area contributed by atoms with Crippen LogP contribution in [0.15, 0.2) is 18.2 Å². The minimum atomic E-state index is 0.234. The Morgan fingerprint density at radius 2 is 1.89 bits per heavy atom. The summed E-state index contributed by atoms with van der Waals surface area (Å²) in [6.07, 6.45) is 4.51. The molecule has 0 saturated carbocycles. The van der Waals surface area contributed by atoms with Gasteiger partial charge in [0.05, 0.1) is 10.0 Å². The quantitative estimate of drug-likeness (QED) is 0.639. The van der Waals surface area contributed by atoms with E-state index in [1.54, 1.807) is 0 Å². The molecule has 1 aromatic carbocycles. The molecule has 0 radical (unpaired) electrons. The topological polar surface area (TPSA) is 12.0 Å². The maximum atomic E-state index is 6.31. The van der Waals surface area contributed by atoms with Crippen molar-refractivity contribution in [3.63, 3.8) is 0 Å². The molecule has 19 heavy (non-hydrogen) atoms. The fourth-order valence-corrected chi connectivity index (χ4v) is 2.94. The summed E-state index contributed by atoms with van der Waals surface area (Å²) >= 11 is 12.4. The highest BCUT2D eigenvalue weighted by atomic mass is 35.5. The first kappa shape index (κ1) is 16.8. The van der Waals surface area contributed by atoms with Crippen LogP contribution in [0.25, 0.3) is 0 Å². The van der Waals surface area contributed by atoms with E-state index in [1.165, 1.54) is 19.3 Å². The van der Waals surface area contributed by atoms with Gasteiger partial charge in [0.2, 0.25) is 0 Å². The molecular formula is C16H25Cl2N. The van der Waals surface area contributed by atoms with Crippen LogP contribution < -0.4 is 5.32 Å². The van der Waals surface area contributed by atoms with Crippen LogP contribution in [0.3, 0.4) is 0 Å². The average Bonchev–Trinajstić information content (AvgIpc) is 2.36. The fourth-order valence-electron chi connectivity index (χ4n) is 2.55. The first-order valence-corrected chi connectivity index (χ1v) is 7.91. The number of hydrogen-bond acceptors (Lipinski definition) is 1. The van der Waals surface area contributed by atoms with Gasteiger partial charge in [-0.25, -0.2) is 0 Å². The Bertz CT molecular complexity index is 392. The highest BCUT2D eigenvalue weighted by Crippen LogP contribution is 2.33. The summed E-state index contributed by atoms with van der Waals surface area (Å²) < 4.78 is 0. The summed E-state index contributed by atoms with van der Waals surface area (Å²) in [7, 11) is 0. The molecule has 0 aliphatic heterocycles. The van der Waals surface area contributed by atoms with Crippen LogP contribution in [0.1, 0.15) is 45.6 Å². The van der Waals surface area contributed by atoms with E-state index in [-0.39, 0.29) is 5.41 Å². The highest BCUT2D eigenvalue weighted by molar-refractivity contribution is 6.42. The van der Waals surface area contributed by atoms with E-state index in [9.17, 15) is 0 Å². The molecule has 1 aromatic rings. The lowest BCUT2D eigenvalue weighted by atomic mass is 9.79. The number of hydrogen-bond donors (Lipinski definition) is 1. The van der Waals surface area contributed by atoms with Crippen molar-refractivity contribution in [3.05, 3.63) is 33.8 Å². The van der Waals surface area contributed by atoms with Crippen LogP contribution in [-0.4, -0.2) is 13.1 Å². The third kappa shape index (κ3) is 5.33. The zero-order chi connectivity index (χ0) is 14.3. The molecule has 0 saturated heterocycles. The lowest BCUT2D eigenvalue weighted by Gasteiger charge is -2.30. The van der Waals surface area contributed by atoms with Gasteiger partial charge in [0, 0.05) is 6.54 Å². The van der Waals surface area contributed by atoms with Crippen molar-refractivity contribution in [3.8, 4) is 0 Å². The Kier molecular flexibility index (Phi) is 7.20. The van der Waals surface area contributed by atoms with E-state index in [1.807, 2.05) is 12.1 Å². The lowest BCUT2D eigenvalue weighted by Crippen LogP contribution is -2.34. The van der Waals surface area contributed by atoms with Gasteiger partial charge in [-0.2, -0.15) is 0 Å². The van der Waals surface area contributed by atoms with Gasteiger partial charge in [-0.05, 0) is 42.9 Å². The summed E-state index contributed by atoms with van der Waals surface area (Å²) in [6, 6.07) is 5.91. The van der Waals surface area contributed by atoms with Crippen LogP contribution in [-0.2, 0) is 6.42 Å². The van der Waals surface area contributed by atoms with Crippen molar-refractivity contribution in [2.45, 2.75) is 46.5 Å². The van der Waals surface area contributed by atoms with Crippen molar-refractivity contribution in [2.75, 3.05) is 13.1 Å². The second-order valence-electron chi connectivity index (χ2n) is 5.63. The summed E-state index contributed by atoms with van der Waals surface area (Å²) in [6.45, 7) is 8.85. The van der Waals surface area contributed by atoms with Gasteiger partial charge < -0.3 is 5.32 Å². The smallest absolute Gasteiger partial charge is 0.0624 e. The third-order valence-corrected chi connectivity index (χ3v) is 4.34. The number of nitrogens with one attached hydrogen (secondary N) is 1. The zero-order valence-corrected chi connectivity index (χ0v) is 13.7. The molecule has 1 rings (SSSR count). The van der Waals surface area contributed by atoms with E-state index in [2.05, 4.69) is 32.2 Å². The Labute approximate surface area is 127 Å². The third-order valence-electron chi connectivity index (χ3n) is 3.48. The molecule has 1 unspecified atom stereocenters. The predicted molar refractivity (Wildman–Crippen MR) is 86.3 cm³/mol. The molecule has 0 aromatic heterocycles. The molecule has 0 bridgehead atoms. The van der Waals surface area contributed by atoms with E-state index in [4.69, 9.17) is 23.2 Å². The maximum Gasteiger partial charge on any atom is 0.0624 e. The van der Waals surface area contributed by atoms with Crippen LogP contribution in [0.2, 0.25) is 10.0 Å². The van der Waals surface area contributed by atoms with Gasteiger partial charge in [0.1, 0.15) is 0 Å². The first-order valence-electron chi connectivity index (χ1n) is 7.16. The molecule has 0 aliphatic carbocycles. The van der Waals surface area contributed by atoms with E-state index in [0.29, 0.717) is 10.0 Å². The zero-order valence-electron chi connectivity index (χ0n) is 12.2. The number of rotatable bonds is 8. The fraction of sp³-hybridized carbons (Fsp3) is 0.625. The molecule has 0 spiro atoms. The van der Waals surface area contributed by atoms with E-state index < -0.39 is 0 Å². The second kappa shape index (κ2) is 8.14. The van der Waals surface area contributed by atoms with Crippen molar-refractivity contribution in [1.82, 2.24) is 5.32 Å². The van der Waals surface area contributed by atoms with Crippen molar-refractivity contribution in [1.29, 1.82) is 0 Å². The molecule has 3 heteroatoms. The Morgan fingerprint density at radius 1 is 1.16 bits per heavy atom. The number of halogens is 2. The summed E-state index contributed by atoms with van der Waals surface area (Å²) in [5.74, 6) is 0. The highest BCUT2D eigenvalue weighted by Gasteiger charge is 2.24. The first-order chi connectivity index (χ1) is 9.02. The molecule has 0 aliphatic rings. The molecule has 0 heterocycles. The lowest BCUT2D eigenvalue weighted by molar-refractivity contribution is 0.275. The standard InChI is InChI=1S/C16H25Cl2N/c1-4-9-16(3,12-19-10-5-2)11-13-7-6-8-14(17)15(13)18/h6-8,19H,4-5,9-12H2,1-3H3. The SMILES string of the molecule is CCCNCC(C)(CCC)Cc1cccc(Cl)c1Cl. The van der Waals surface area contributed by atoms with E-state index >= 15 is 0 Å². The Balaban J connectivity index is 2.79. The van der Waals surface area contributed by atoms with Crippen LogP contribution >= 0.6 is 23.2 Å². The van der Waals surface area contributed by atoms with Crippen LogP contribution in [0.5, 0.6) is 0 Å². The molecule has 108 valence electrons. The molecule has 1 N–H and O–H groups in total. The minimum absolute atomic E-state index is 0.234. The van der Waals surface area contributed by atoms with Crippen molar-refractivity contribution in [2.24, 2.45) is 5.41 Å². The average molecular weight is 302 g/mol. The van der Waals surface area contributed by atoms with Crippen LogP contribution in [0, 0.1) is 5.41 Å². The normalized spacial score (nSPS) is 14.4. The second-order valence-corrected chi connectivity index (χ2v) is 6.41. The molecule has 0 amide bonds. The monoisotopic (exact) mass is 301 g/mol. The predicted octanol–water partition coefficient (Wildman–Crippen LogP) is 5.34. The maximum absolute atomic E-state index is 6.31. The Morgan fingerprint density at radius 3 is 2.53 bits per heavy atom. The van der Waals surface area contributed by atoms with Gasteiger partial charge in [-0.3, -0.25) is 0 Å². The molecule has 1 nitrogen and oxygen atoms in total. The van der Waals surface area contributed by atoms with Crippen molar-refractivity contribution >= 4 is 23.2 Å². The van der Waals surface area contributed by atoms with Gasteiger partial charge in [-0.1, -0.05) is 62.5 Å². The Hall–Kier alpha value is -0.240. The largest absolute Gasteiger partial charge is 0.316 e.